The summed E-state index contributed by atoms with van der Waals surface area (Å²) < 4.78 is 40.6. The smallest absolute Gasteiger partial charge is 0.416 e. The van der Waals surface area contributed by atoms with Crippen LogP contribution in [0.5, 0.6) is 0 Å². The van der Waals surface area contributed by atoms with E-state index >= 15 is 0 Å². The van der Waals surface area contributed by atoms with Gasteiger partial charge in [0.2, 0.25) is 0 Å². The Balaban J connectivity index is 1.71. The number of alkyl halides is 3. The van der Waals surface area contributed by atoms with Gasteiger partial charge < -0.3 is 10.0 Å². The molecule has 4 rings (SSSR count). The summed E-state index contributed by atoms with van der Waals surface area (Å²) in [6.45, 7) is 2.62. The van der Waals surface area contributed by atoms with Gasteiger partial charge in [0.1, 0.15) is 5.82 Å². The molecule has 0 radical (unpaired) electrons. The minimum Gasteiger partial charge on any atom is -0.481 e. The lowest BCUT2D eigenvalue weighted by atomic mass is 9.99. The maximum absolute atomic E-state index is 12.9. The normalized spacial score (nSPS) is 15.2. The molecule has 27 heavy (non-hydrogen) atoms. The van der Waals surface area contributed by atoms with E-state index in [2.05, 4.69) is 4.98 Å². The number of carbonyl (C=O) groups is 1. The first-order valence-corrected chi connectivity index (χ1v) is 8.38. The molecule has 1 N–H and O–H groups in total. The van der Waals surface area contributed by atoms with Crippen molar-refractivity contribution in [2.45, 2.75) is 13.1 Å². The summed E-state index contributed by atoms with van der Waals surface area (Å²) in [6.07, 6.45) is -4.41. The van der Waals surface area contributed by atoms with Crippen molar-refractivity contribution in [1.29, 1.82) is 0 Å². The van der Waals surface area contributed by atoms with E-state index in [-0.39, 0.29) is 11.4 Å². The summed E-state index contributed by atoms with van der Waals surface area (Å²) in [5.74, 6) is -0.599. The number of rotatable bonds is 3. The molecular weight excluding hydrogens is 359 g/mol. The van der Waals surface area contributed by atoms with Crippen LogP contribution in [0.15, 0.2) is 42.5 Å². The number of carboxylic acid groups (broad SMARTS) is 1. The van der Waals surface area contributed by atoms with Crippen molar-refractivity contribution in [3.8, 4) is 5.69 Å². The van der Waals surface area contributed by atoms with Gasteiger partial charge in [0, 0.05) is 24.5 Å². The van der Waals surface area contributed by atoms with E-state index in [9.17, 15) is 18.0 Å². The Morgan fingerprint density at radius 1 is 1.15 bits per heavy atom. The Morgan fingerprint density at radius 3 is 2.52 bits per heavy atom. The standard InChI is InChI=1S/C19H16F3N3O2/c1-11-23-16-7-13(19(20,21)22)5-6-17(16)25(11)15-4-2-3-14(8-15)24-9-12(10-24)18(26)27/h2-8,12H,9-10H2,1H3,(H,26,27). The van der Waals surface area contributed by atoms with Crippen LogP contribution >= 0.6 is 0 Å². The number of hydrogen-bond acceptors (Lipinski definition) is 3. The van der Waals surface area contributed by atoms with Crippen molar-refractivity contribution >= 4 is 22.7 Å². The number of nitrogens with zero attached hydrogens (tertiary/aromatic N) is 3. The number of halogens is 3. The van der Waals surface area contributed by atoms with Gasteiger partial charge in [-0.15, -0.1) is 0 Å². The monoisotopic (exact) mass is 375 g/mol. The zero-order valence-corrected chi connectivity index (χ0v) is 14.4. The fraction of sp³-hybridized carbons (Fsp3) is 0.263. The van der Waals surface area contributed by atoms with E-state index in [4.69, 9.17) is 5.11 Å². The first-order chi connectivity index (χ1) is 12.7. The van der Waals surface area contributed by atoms with Gasteiger partial charge in [0.05, 0.1) is 22.5 Å². The minimum absolute atomic E-state index is 0.280. The predicted octanol–water partition coefficient (Wildman–Crippen LogP) is 3.87. The molecule has 0 saturated carbocycles. The number of hydrogen-bond donors (Lipinski definition) is 1. The Morgan fingerprint density at radius 2 is 1.85 bits per heavy atom. The highest BCUT2D eigenvalue weighted by molar-refractivity contribution is 5.80. The van der Waals surface area contributed by atoms with Crippen LogP contribution in [0.4, 0.5) is 18.9 Å². The van der Waals surface area contributed by atoms with E-state index in [0.29, 0.717) is 24.4 Å². The molecule has 5 nitrogen and oxygen atoms in total. The van der Waals surface area contributed by atoms with Gasteiger partial charge in [-0.3, -0.25) is 9.36 Å². The van der Waals surface area contributed by atoms with Gasteiger partial charge in [-0.05, 0) is 43.3 Å². The molecule has 0 unspecified atom stereocenters. The van der Waals surface area contributed by atoms with Crippen LogP contribution in [-0.2, 0) is 11.0 Å². The second-order valence-electron chi connectivity index (χ2n) is 6.66. The van der Waals surface area contributed by atoms with Crippen LogP contribution in [0.25, 0.3) is 16.7 Å². The summed E-state index contributed by atoms with van der Waals surface area (Å²) in [4.78, 5) is 17.2. The lowest BCUT2D eigenvalue weighted by Gasteiger charge is -2.38. The average molecular weight is 375 g/mol. The summed E-state index contributed by atoms with van der Waals surface area (Å²) in [5, 5.41) is 9.02. The summed E-state index contributed by atoms with van der Waals surface area (Å²) >= 11 is 0. The third-order valence-corrected chi connectivity index (χ3v) is 4.83. The molecule has 0 aliphatic carbocycles. The summed E-state index contributed by atoms with van der Waals surface area (Å²) in [6, 6.07) is 11.0. The highest BCUT2D eigenvalue weighted by atomic mass is 19.4. The average Bonchev–Trinajstić information content (AvgIpc) is 2.87. The van der Waals surface area contributed by atoms with Crippen molar-refractivity contribution < 1.29 is 23.1 Å². The zero-order valence-electron chi connectivity index (χ0n) is 14.4. The molecule has 0 bridgehead atoms. The second-order valence-corrected chi connectivity index (χ2v) is 6.66. The lowest BCUT2D eigenvalue weighted by molar-refractivity contribution is -0.142. The van der Waals surface area contributed by atoms with Crippen molar-refractivity contribution in [1.82, 2.24) is 9.55 Å². The highest BCUT2D eigenvalue weighted by Crippen LogP contribution is 2.33. The molecule has 1 aliphatic heterocycles. The summed E-state index contributed by atoms with van der Waals surface area (Å²) in [7, 11) is 0. The van der Waals surface area contributed by atoms with Crippen molar-refractivity contribution in [3.63, 3.8) is 0 Å². The quantitative estimate of drug-likeness (QED) is 0.755. The molecule has 3 aromatic rings. The number of fused-ring (bicyclic) bond motifs is 1. The van der Waals surface area contributed by atoms with Crippen LogP contribution < -0.4 is 4.90 Å². The third-order valence-electron chi connectivity index (χ3n) is 4.83. The van der Waals surface area contributed by atoms with E-state index in [1.54, 1.807) is 11.5 Å². The highest BCUT2D eigenvalue weighted by Gasteiger charge is 2.33. The third kappa shape index (κ3) is 3.01. The Hall–Kier alpha value is -3.03. The van der Waals surface area contributed by atoms with Crippen molar-refractivity contribution in [2.24, 2.45) is 5.92 Å². The second kappa shape index (κ2) is 6.00. The van der Waals surface area contributed by atoms with Gasteiger partial charge in [0.25, 0.3) is 0 Å². The Kier molecular flexibility index (Phi) is 3.87. The molecule has 2 heterocycles. The van der Waals surface area contributed by atoms with Crippen LogP contribution in [0.3, 0.4) is 0 Å². The molecule has 1 aromatic heterocycles. The topological polar surface area (TPSA) is 58.4 Å². The van der Waals surface area contributed by atoms with E-state index in [1.807, 2.05) is 29.2 Å². The first-order valence-electron chi connectivity index (χ1n) is 8.38. The van der Waals surface area contributed by atoms with Gasteiger partial charge >= 0.3 is 12.1 Å². The van der Waals surface area contributed by atoms with Crippen molar-refractivity contribution in [3.05, 3.63) is 53.9 Å². The molecular formula is C19H16F3N3O2. The van der Waals surface area contributed by atoms with Crippen LogP contribution in [-0.4, -0.2) is 33.7 Å². The summed E-state index contributed by atoms with van der Waals surface area (Å²) in [5.41, 5.74) is 1.78. The van der Waals surface area contributed by atoms with Gasteiger partial charge in [-0.1, -0.05) is 6.07 Å². The maximum atomic E-state index is 12.9. The maximum Gasteiger partial charge on any atom is 0.416 e. The molecule has 140 valence electrons. The number of aryl methyl sites for hydroxylation is 1. The molecule has 0 atom stereocenters. The van der Waals surface area contributed by atoms with Crippen LogP contribution in [0, 0.1) is 12.8 Å². The largest absolute Gasteiger partial charge is 0.481 e. The molecule has 2 aromatic carbocycles. The zero-order chi connectivity index (χ0) is 19.3. The number of carboxylic acids is 1. The number of aromatic nitrogens is 2. The fourth-order valence-corrected chi connectivity index (χ4v) is 3.38. The Labute approximate surface area is 152 Å². The van der Waals surface area contributed by atoms with Gasteiger partial charge in [-0.25, -0.2) is 4.98 Å². The number of anilines is 1. The predicted molar refractivity (Wildman–Crippen MR) is 94.1 cm³/mol. The van der Waals surface area contributed by atoms with Crippen molar-refractivity contribution in [2.75, 3.05) is 18.0 Å². The minimum atomic E-state index is -4.41. The SMILES string of the molecule is Cc1nc2cc(C(F)(F)F)ccc2n1-c1cccc(N2CC(C(=O)O)C2)c1. The molecule has 1 fully saturated rings. The number of aliphatic carboxylic acids is 1. The van der Waals surface area contributed by atoms with Gasteiger partial charge in [0.15, 0.2) is 0 Å². The van der Waals surface area contributed by atoms with E-state index in [0.717, 1.165) is 23.5 Å². The molecule has 0 amide bonds. The Bertz CT molecular complexity index is 1040. The molecule has 8 heteroatoms. The molecule has 1 aliphatic rings. The van der Waals surface area contributed by atoms with Crippen LogP contribution in [0.1, 0.15) is 11.4 Å². The number of imidazole rings is 1. The molecule has 0 spiro atoms. The lowest BCUT2D eigenvalue weighted by Crippen LogP contribution is -2.50. The fourth-order valence-electron chi connectivity index (χ4n) is 3.38. The first kappa shape index (κ1) is 17.4. The van der Waals surface area contributed by atoms with E-state index in [1.165, 1.54) is 6.07 Å². The molecule has 1 saturated heterocycles. The number of benzene rings is 2. The van der Waals surface area contributed by atoms with Gasteiger partial charge in [-0.2, -0.15) is 13.2 Å². The van der Waals surface area contributed by atoms with Crippen LogP contribution in [0.2, 0.25) is 0 Å². The van der Waals surface area contributed by atoms with E-state index < -0.39 is 17.7 Å².